The molecule has 1 heterocycles. The van der Waals surface area contributed by atoms with Gasteiger partial charge in [-0.1, -0.05) is 35.5 Å². The van der Waals surface area contributed by atoms with E-state index in [-0.39, 0.29) is 11.9 Å². The number of aryl methyl sites for hydroxylation is 1. The summed E-state index contributed by atoms with van der Waals surface area (Å²) in [5.74, 6) is 0.208. The van der Waals surface area contributed by atoms with Gasteiger partial charge >= 0.3 is 0 Å². The van der Waals surface area contributed by atoms with E-state index in [2.05, 4.69) is 14.7 Å². The van der Waals surface area contributed by atoms with Gasteiger partial charge in [-0.2, -0.15) is 0 Å². The molecule has 0 saturated heterocycles. The molecule has 0 amide bonds. The molecule has 2 aromatic rings. The van der Waals surface area contributed by atoms with E-state index in [1.807, 2.05) is 44.2 Å². The van der Waals surface area contributed by atoms with Crippen LogP contribution in [0.3, 0.4) is 0 Å². The van der Waals surface area contributed by atoms with E-state index in [9.17, 15) is 0 Å². The summed E-state index contributed by atoms with van der Waals surface area (Å²) < 4.78 is 2.06. The lowest BCUT2D eigenvalue weighted by Gasteiger charge is -2.20. The highest BCUT2D eigenvalue weighted by Crippen LogP contribution is 2.24. The highest BCUT2D eigenvalue weighted by molar-refractivity contribution is 5.80. The molecule has 2 rings (SSSR count). The summed E-state index contributed by atoms with van der Waals surface area (Å²) in [4.78, 5) is 4.32. The van der Waals surface area contributed by atoms with E-state index in [0.717, 1.165) is 17.0 Å². The lowest BCUT2D eigenvalue weighted by atomic mass is 10.0. The third-order valence-corrected chi connectivity index (χ3v) is 3.34. The quantitative estimate of drug-likeness (QED) is 0.382. The minimum absolute atomic E-state index is 0.0155. The van der Waals surface area contributed by atoms with Crippen molar-refractivity contribution in [1.82, 2.24) is 9.55 Å². The molecule has 1 aromatic heterocycles. The van der Waals surface area contributed by atoms with Crippen LogP contribution in [0.1, 0.15) is 29.4 Å². The van der Waals surface area contributed by atoms with Gasteiger partial charge in [-0.05, 0) is 19.4 Å². The van der Waals surface area contributed by atoms with Crippen molar-refractivity contribution in [2.45, 2.75) is 26.3 Å². The average Bonchev–Trinajstić information content (AvgIpc) is 2.77. The first-order valence-electron chi connectivity index (χ1n) is 6.15. The van der Waals surface area contributed by atoms with Crippen molar-refractivity contribution in [2.24, 2.45) is 10.9 Å². The predicted octanol–water partition coefficient (Wildman–Crippen LogP) is 2.23. The second-order valence-electron chi connectivity index (χ2n) is 4.54. The maximum Gasteiger partial charge on any atom is 0.141 e. The molecule has 0 fully saturated rings. The van der Waals surface area contributed by atoms with Crippen molar-refractivity contribution in [2.75, 3.05) is 0 Å². The van der Waals surface area contributed by atoms with E-state index in [0.29, 0.717) is 6.42 Å². The van der Waals surface area contributed by atoms with E-state index in [1.165, 1.54) is 0 Å². The monoisotopic (exact) mass is 258 g/mol. The second-order valence-corrected chi connectivity index (χ2v) is 4.54. The van der Waals surface area contributed by atoms with Crippen molar-refractivity contribution in [3.8, 4) is 0 Å². The Balaban J connectivity index is 2.43. The van der Waals surface area contributed by atoms with Crippen molar-refractivity contribution in [3.05, 3.63) is 53.6 Å². The molecule has 0 aliphatic carbocycles. The standard InChI is InChI=1S/C14H18N4O/c1-10-11(2)18(9-16-10)13(8-14(15)17-19)12-6-4-3-5-7-12/h3-7,9,13,19H,8H2,1-2H3,(H2,15,17). The predicted molar refractivity (Wildman–Crippen MR) is 74.3 cm³/mol. The molecule has 19 heavy (non-hydrogen) atoms. The van der Waals surface area contributed by atoms with Crippen molar-refractivity contribution >= 4 is 5.84 Å². The Morgan fingerprint density at radius 1 is 1.37 bits per heavy atom. The third kappa shape index (κ3) is 2.76. The number of hydrogen-bond acceptors (Lipinski definition) is 3. The molecular formula is C14H18N4O. The minimum Gasteiger partial charge on any atom is -0.409 e. The van der Waals surface area contributed by atoms with Crippen molar-refractivity contribution in [1.29, 1.82) is 0 Å². The second kappa shape index (κ2) is 5.56. The molecule has 1 unspecified atom stereocenters. The van der Waals surface area contributed by atoms with E-state index >= 15 is 0 Å². The van der Waals surface area contributed by atoms with Crippen LogP contribution in [-0.4, -0.2) is 20.6 Å². The SMILES string of the molecule is Cc1ncn(C(CC(N)=NO)c2ccccc2)c1C. The molecule has 0 aliphatic heterocycles. The largest absolute Gasteiger partial charge is 0.409 e. The van der Waals surface area contributed by atoms with Crippen LogP contribution in [0.25, 0.3) is 0 Å². The number of oxime groups is 1. The van der Waals surface area contributed by atoms with Gasteiger partial charge in [0.1, 0.15) is 5.84 Å². The van der Waals surface area contributed by atoms with Crippen LogP contribution in [-0.2, 0) is 0 Å². The molecule has 0 aliphatic rings. The molecule has 0 spiro atoms. The summed E-state index contributed by atoms with van der Waals surface area (Å²) in [7, 11) is 0. The molecule has 5 heteroatoms. The maximum absolute atomic E-state index is 8.79. The zero-order valence-electron chi connectivity index (χ0n) is 11.1. The Kier molecular flexibility index (Phi) is 3.85. The lowest BCUT2D eigenvalue weighted by molar-refractivity contribution is 0.315. The number of nitrogens with zero attached hydrogens (tertiary/aromatic N) is 3. The molecule has 3 N–H and O–H groups in total. The van der Waals surface area contributed by atoms with Crippen LogP contribution < -0.4 is 5.73 Å². The molecule has 0 saturated carbocycles. The number of amidine groups is 1. The summed E-state index contributed by atoms with van der Waals surface area (Å²) in [5, 5.41) is 11.9. The van der Waals surface area contributed by atoms with Crippen LogP contribution in [0.15, 0.2) is 41.8 Å². The first kappa shape index (κ1) is 13.1. The van der Waals surface area contributed by atoms with Gasteiger partial charge in [-0.25, -0.2) is 4.98 Å². The third-order valence-electron chi connectivity index (χ3n) is 3.34. The highest BCUT2D eigenvalue weighted by atomic mass is 16.4. The number of aromatic nitrogens is 2. The van der Waals surface area contributed by atoms with Gasteiger partial charge in [0.05, 0.1) is 18.1 Å². The van der Waals surface area contributed by atoms with Crippen LogP contribution in [0, 0.1) is 13.8 Å². The molecular weight excluding hydrogens is 240 g/mol. The van der Waals surface area contributed by atoms with Gasteiger partial charge in [0.25, 0.3) is 0 Å². The average molecular weight is 258 g/mol. The van der Waals surface area contributed by atoms with Gasteiger partial charge in [0.2, 0.25) is 0 Å². The fourth-order valence-electron chi connectivity index (χ4n) is 2.12. The maximum atomic E-state index is 8.79. The molecule has 5 nitrogen and oxygen atoms in total. The number of imidazole rings is 1. The van der Waals surface area contributed by atoms with Crippen LogP contribution in [0.4, 0.5) is 0 Å². The Labute approximate surface area is 112 Å². The number of rotatable bonds is 4. The molecule has 1 atom stereocenters. The fourth-order valence-corrected chi connectivity index (χ4v) is 2.12. The first-order chi connectivity index (χ1) is 9.13. The molecule has 100 valence electrons. The highest BCUT2D eigenvalue weighted by Gasteiger charge is 2.18. The topological polar surface area (TPSA) is 76.4 Å². The van der Waals surface area contributed by atoms with Gasteiger partial charge in [0, 0.05) is 12.1 Å². The Morgan fingerprint density at radius 3 is 2.58 bits per heavy atom. The van der Waals surface area contributed by atoms with E-state index in [4.69, 9.17) is 10.9 Å². The van der Waals surface area contributed by atoms with Crippen LogP contribution >= 0.6 is 0 Å². The zero-order chi connectivity index (χ0) is 13.8. The van der Waals surface area contributed by atoms with E-state index in [1.54, 1.807) is 6.33 Å². The zero-order valence-corrected chi connectivity index (χ0v) is 11.1. The van der Waals surface area contributed by atoms with Crippen molar-refractivity contribution < 1.29 is 5.21 Å². The fraction of sp³-hybridized carbons (Fsp3) is 0.286. The first-order valence-corrected chi connectivity index (χ1v) is 6.15. The Hall–Kier alpha value is -2.30. The molecule has 0 radical (unpaired) electrons. The number of hydrogen-bond donors (Lipinski definition) is 2. The van der Waals surface area contributed by atoms with Gasteiger partial charge in [-0.3, -0.25) is 0 Å². The number of benzene rings is 1. The molecule has 1 aromatic carbocycles. The van der Waals surface area contributed by atoms with Gasteiger partial charge in [0.15, 0.2) is 0 Å². The smallest absolute Gasteiger partial charge is 0.141 e. The van der Waals surface area contributed by atoms with Crippen LogP contribution in [0.5, 0.6) is 0 Å². The van der Waals surface area contributed by atoms with Crippen molar-refractivity contribution in [3.63, 3.8) is 0 Å². The normalized spacial score (nSPS) is 13.5. The van der Waals surface area contributed by atoms with Crippen LogP contribution in [0.2, 0.25) is 0 Å². The molecule has 0 bridgehead atoms. The Morgan fingerprint density at radius 2 is 2.05 bits per heavy atom. The summed E-state index contributed by atoms with van der Waals surface area (Å²) >= 11 is 0. The lowest BCUT2D eigenvalue weighted by Crippen LogP contribution is -2.21. The minimum atomic E-state index is -0.0155. The summed E-state index contributed by atoms with van der Waals surface area (Å²) in [6, 6.07) is 9.98. The summed E-state index contributed by atoms with van der Waals surface area (Å²) in [5.41, 5.74) is 8.85. The van der Waals surface area contributed by atoms with Gasteiger partial charge in [-0.15, -0.1) is 0 Å². The summed E-state index contributed by atoms with van der Waals surface area (Å²) in [6.07, 6.45) is 2.24. The Bertz CT molecular complexity index is 574. The van der Waals surface area contributed by atoms with E-state index < -0.39 is 0 Å². The number of nitrogens with two attached hydrogens (primary N) is 1. The summed E-state index contributed by atoms with van der Waals surface area (Å²) in [6.45, 7) is 3.99. The van der Waals surface area contributed by atoms with Gasteiger partial charge < -0.3 is 15.5 Å².